The number of rotatable bonds is 3. The molecule has 0 bridgehead atoms. The fraction of sp³-hybridized carbons (Fsp3) is 0.500. The summed E-state index contributed by atoms with van der Waals surface area (Å²) >= 11 is 1.74. The fourth-order valence-electron chi connectivity index (χ4n) is 2.86. The van der Waals surface area contributed by atoms with Crippen molar-refractivity contribution >= 4 is 22.7 Å². The molecule has 4 nitrogen and oxygen atoms in total. The van der Waals surface area contributed by atoms with Crippen molar-refractivity contribution in [3.8, 4) is 0 Å². The molecule has 0 atom stereocenters. The number of aliphatic hydroxyl groups excluding tert-OH is 1. The molecule has 0 unspecified atom stereocenters. The first-order chi connectivity index (χ1) is 10.5. The Bertz CT molecular complexity index is 739. The van der Waals surface area contributed by atoms with Crippen LogP contribution in [0, 0.1) is 12.7 Å². The summed E-state index contributed by atoms with van der Waals surface area (Å²) in [5.41, 5.74) is 0.828. The smallest absolute Gasteiger partial charge is 0.261 e. The van der Waals surface area contributed by atoms with E-state index in [0.717, 1.165) is 31.2 Å². The zero-order chi connectivity index (χ0) is 15.7. The maximum absolute atomic E-state index is 13.8. The molecule has 1 aliphatic carbocycles. The van der Waals surface area contributed by atoms with Crippen LogP contribution in [0.2, 0.25) is 0 Å². The molecular weight excluding hydrogens is 303 g/mol. The van der Waals surface area contributed by atoms with Gasteiger partial charge in [-0.3, -0.25) is 4.79 Å². The van der Waals surface area contributed by atoms with E-state index in [0.29, 0.717) is 22.3 Å². The molecule has 1 heterocycles. The summed E-state index contributed by atoms with van der Waals surface area (Å²) < 4.78 is 13.8. The molecule has 118 valence electrons. The van der Waals surface area contributed by atoms with E-state index in [1.807, 2.05) is 6.92 Å². The zero-order valence-corrected chi connectivity index (χ0v) is 13.3. The number of thioether (sulfide) groups is 1. The Kier molecular flexibility index (Phi) is 4.49. The molecular formula is C16H19FN2O2S. The van der Waals surface area contributed by atoms with E-state index in [4.69, 9.17) is 0 Å². The van der Waals surface area contributed by atoms with Crippen LogP contribution in [0.3, 0.4) is 0 Å². The highest BCUT2D eigenvalue weighted by Gasteiger charge is 2.20. The first-order valence-corrected chi connectivity index (χ1v) is 8.57. The first kappa shape index (κ1) is 15.5. The van der Waals surface area contributed by atoms with Crippen LogP contribution in [-0.2, 0) is 5.75 Å². The third kappa shape index (κ3) is 3.17. The molecule has 0 amide bonds. The van der Waals surface area contributed by atoms with Gasteiger partial charge in [-0.05, 0) is 44.2 Å². The van der Waals surface area contributed by atoms with Gasteiger partial charge in [0.2, 0.25) is 0 Å². The molecule has 0 saturated heterocycles. The van der Waals surface area contributed by atoms with E-state index in [1.54, 1.807) is 17.8 Å². The summed E-state index contributed by atoms with van der Waals surface area (Å²) in [5.74, 6) is 0.652. The van der Waals surface area contributed by atoms with E-state index in [2.05, 4.69) is 9.97 Å². The van der Waals surface area contributed by atoms with Crippen molar-refractivity contribution < 1.29 is 9.50 Å². The zero-order valence-electron chi connectivity index (χ0n) is 12.4. The number of nitrogens with zero attached hydrogens (tertiary/aromatic N) is 1. The molecule has 1 aromatic heterocycles. The van der Waals surface area contributed by atoms with E-state index >= 15 is 0 Å². The van der Waals surface area contributed by atoms with E-state index in [9.17, 15) is 14.3 Å². The highest BCUT2D eigenvalue weighted by Crippen LogP contribution is 2.30. The molecule has 3 rings (SSSR count). The van der Waals surface area contributed by atoms with Crippen LogP contribution in [0.25, 0.3) is 10.9 Å². The quantitative estimate of drug-likeness (QED) is 0.912. The molecule has 1 aliphatic rings. The Hall–Kier alpha value is -1.40. The Morgan fingerprint density at radius 2 is 2.09 bits per heavy atom. The van der Waals surface area contributed by atoms with E-state index in [1.165, 1.54) is 6.07 Å². The van der Waals surface area contributed by atoms with Gasteiger partial charge in [0.1, 0.15) is 17.0 Å². The number of halogens is 1. The number of nitrogens with one attached hydrogen (secondary N) is 1. The third-order valence-electron chi connectivity index (χ3n) is 4.16. The van der Waals surface area contributed by atoms with Crippen molar-refractivity contribution in [1.82, 2.24) is 9.97 Å². The average molecular weight is 322 g/mol. The summed E-state index contributed by atoms with van der Waals surface area (Å²) in [5, 5.41) is 10.0. The lowest BCUT2D eigenvalue weighted by Gasteiger charge is -2.24. The topological polar surface area (TPSA) is 66.0 Å². The van der Waals surface area contributed by atoms with Crippen LogP contribution in [0.1, 0.15) is 37.1 Å². The maximum Gasteiger partial charge on any atom is 0.261 e. The van der Waals surface area contributed by atoms with Gasteiger partial charge < -0.3 is 10.1 Å². The number of benzene rings is 1. The predicted molar refractivity (Wildman–Crippen MR) is 86.6 cm³/mol. The number of aromatic amines is 1. The fourth-order valence-corrected chi connectivity index (χ4v) is 4.00. The van der Waals surface area contributed by atoms with Crippen molar-refractivity contribution in [2.75, 3.05) is 0 Å². The molecule has 0 aliphatic heterocycles. The summed E-state index contributed by atoms with van der Waals surface area (Å²) in [6, 6.07) is 2.94. The lowest BCUT2D eigenvalue weighted by molar-refractivity contribution is 0.132. The maximum atomic E-state index is 13.8. The van der Waals surface area contributed by atoms with Gasteiger partial charge in [-0.1, -0.05) is 6.07 Å². The van der Waals surface area contributed by atoms with Crippen LogP contribution in [0.15, 0.2) is 16.9 Å². The van der Waals surface area contributed by atoms with Crippen molar-refractivity contribution in [2.45, 2.75) is 49.7 Å². The highest BCUT2D eigenvalue weighted by molar-refractivity contribution is 7.99. The van der Waals surface area contributed by atoms with Gasteiger partial charge in [-0.15, -0.1) is 0 Å². The number of fused-ring (bicyclic) bond motifs is 1. The molecule has 2 N–H and O–H groups in total. The van der Waals surface area contributed by atoms with Crippen molar-refractivity contribution in [1.29, 1.82) is 0 Å². The minimum Gasteiger partial charge on any atom is -0.393 e. The van der Waals surface area contributed by atoms with Gasteiger partial charge >= 0.3 is 0 Å². The van der Waals surface area contributed by atoms with Gasteiger partial charge in [-0.25, -0.2) is 9.37 Å². The average Bonchev–Trinajstić information content (AvgIpc) is 2.50. The van der Waals surface area contributed by atoms with Gasteiger partial charge in [0.05, 0.1) is 17.4 Å². The second kappa shape index (κ2) is 6.38. The minimum absolute atomic E-state index is 0.0366. The molecule has 1 saturated carbocycles. The lowest BCUT2D eigenvalue weighted by atomic mass is 9.97. The van der Waals surface area contributed by atoms with Crippen LogP contribution in [0.4, 0.5) is 4.39 Å². The number of H-pyrrole nitrogens is 1. The highest BCUT2D eigenvalue weighted by atomic mass is 32.2. The monoisotopic (exact) mass is 322 g/mol. The summed E-state index contributed by atoms with van der Waals surface area (Å²) in [6.07, 6.45) is 3.48. The largest absolute Gasteiger partial charge is 0.393 e. The molecule has 0 radical (unpaired) electrons. The van der Waals surface area contributed by atoms with Gasteiger partial charge in [-0.2, -0.15) is 11.8 Å². The number of aromatic nitrogens is 2. The van der Waals surface area contributed by atoms with E-state index < -0.39 is 11.4 Å². The Morgan fingerprint density at radius 3 is 2.82 bits per heavy atom. The van der Waals surface area contributed by atoms with Crippen molar-refractivity contribution in [3.63, 3.8) is 0 Å². The molecule has 22 heavy (non-hydrogen) atoms. The van der Waals surface area contributed by atoms with Crippen LogP contribution >= 0.6 is 11.8 Å². The Balaban J connectivity index is 1.80. The minimum atomic E-state index is -0.533. The SMILES string of the molecule is Cc1ccc(F)c2c(=O)[nH]c(CS[C@H]3CC[C@H](O)CC3)nc12. The van der Waals surface area contributed by atoms with Gasteiger partial charge in [0, 0.05) is 5.25 Å². The molecule has 0 spiro atoms. The number of hydrogen-bond donors (Lipinski definition) is 2. The van der Waals surface area contributed by atoms with Crippen LogP contribution in [0.5, 0.6) is 0 Å². The number of hydrogen-bond acceptors (Lipinski definition) is 4. The number of aliphatic hydroxyl groups is 1. The second-order valence-corrected chi connectivity index (χ2v) is 7.13. The molecule has 1 fully saturated rings. The summed E-state index contributed by atoms with van der Waals surface area (Å²) in [4.78, 5) is 19.2. The lowest BCUT2D eigenvalue weighted by Crippen LogP contribution is -2.20. The standard InChI is InChI=1S/C16H19FN2O2S/c1-9-2-7-12(17)14-15(9)18-13(19-16(14)21)8-22-11-5-3-10(20)4-6-11/h2,7,10-11,20H,3-6,8H2,1H3,(H,18,19,21)/t10-,11-. The molecule has 2 aromatic rings. The predicted octanol–water partition coefficient (Wildman–Crippen LogP) is 2.91. The van der Waals surface area contributed by atoms with Crippen LogP contribution < -0.4 is 5.56 Å². The Labute approximate surface area is 132 Å². The normalized spacial score (nSPS) is 22.1. The Morgan fingerprint density at radius 1 is 1.36 bits per heavy atom. The second-order valence-electron chi connectivity index (χ2n) is 5.84. The van der Waals surface area contributed by atoms with Crippen LogP contribution in [-0.4, -0.2) is 26.4 Å². The van der Waals surface area contributed by atoms with Crippen molar-refractivity contribution in [3.05, 3.63) is 39.7 Å². The summed E-state index contributed by atoms with van der Waals surface area (Å²) in [6.45, 7) is 1.83. The number of aryl methyl sites for hydroxylation is 1. The van der Waals surface area contributed by atoms with Gasteiger partial charge in [0.15, 0.2) is 0 Å². The first-order valence-electron chi connectivity index (χ1n) is 7.52. The molecule has 1 aromatic carbocycles. The van der Waals surface area contributed by atoms with E-state index in [-0.39, 0.29) is 11.5 Å². The summed E-state index contributed by atoms with van der Waals surface area (Å²) in [7, 11) is 0. The molecule has 6 heteroatoms. The van der Waals surface area contributed by atoms with Crippen molar-refractivity contribution in [2.24, 2.45) is 0 Å². The third-order valence-corrected chi connectivity index (χ3v) is 5.54. The van der Waals surface area contributed by atoms with Gasteiger partial charge in [0.25, 0.3) is 5.56 Å².